The van der Waals surface area contributed by atoms with Gasteiger partial charge in [-0.1, -0.05) is 184 Å². The fourth-order valence-electron chi connectivity index (χ4n) is 12.5. The molecule has 0 bridgehead atoms. The monoisotopic (exact) mass is 868 g/mol. The summed E-state index contributed by atoms with van der Waals surface area (Å²) in [4.78, 5) is 16.6. The molecule has 0 N–H and O–H groups in total. The zero-order valence-corrected chi connectivity index (χ0v) is 37.7. The first-order chi connectivity index (χ1) is 33.4. The number of nitrogens with zero attached hydrogens (tertiary/aromatic N) is 2. The number of aromatic nitrogens is 1. The van der Waals surface area contributed by atoms with Crippen molar-refractivity contribution in [2.45, 2.75) is 24.7 Å². The number of hydrogen-bond donors (Lipinski definition) is 0. The van der Waals surface area contributed by atoms with Crippen LogP contribution < -0.4 is 10.5 Å². The van der Waals surface area contributed by atoms with E-state index in [0.717, 1.165) is 50.2 Å². The number of fused-ring (bicyclic) bond motifs is 16. The molecule has 1 heterocycles. The van der Waals surface area contributed by atoms with Gasteiger partial charge in [0.25, 0.3) is 5.56 Å². The molecule has 11 aromatic rings. The van der Waals surface area contributed by atoms with Crippen molar-refractivity contribution in [3.05, 3.63) is 274 Å². The van der Waals surface area contributed by atoms with Crippen molar-refractivity contribution in [1.29, 1.82) is 0 Å². The Bertz CT molecular complexity index is 3930. The number of para-hydroxylation sites is 1. The number of hydrogen-bond acceptors (Lipinski definition) is 2. The smallest absolute Gasteiger partial charge is 0.263 e. The van der Waals surface area contributed by atoms with Crippen LogP contribution in [0.15, 0.2) is 235 Å². The van der Waals surface area contributed by atoms with Crippen molar-refractivity contribution in [2.24, 2.45) is 0 Å². The van der Waals surface area contributed by atoms with Gasteiger partial charge < -0.3 is 4.90 Å². The second kappa shape index (κ2) is 14.2. The van der Waals surface area contributed by atoms with E-state index < -0.39 is 5.41 Å². The molecule has 320 valence electrons. The molecular formula is C65H44N2O. The van der Waals surface area contributed by atoms with E-state index in [-0.39, 0.29) is 11.0 Å². The van der Waals surface area contributed by atoms with Gasteiger partial charge in [0.15, 0.2) is 0 Å². The lowest BCUT2D eigenvalue weighted by Gasteiger charge is -2.32. The summed E-state index contributed by atoms with van der Waals surface area (Å²) in [5.74, 6) is 0. The molecule has 0 atom stereocenters. The molecule has 68 heavy (non-hydrogen) atoms. The van der Waals surface area contributed by atoms with Crippen LogP contribution in [-0.2, 0) is 10.8 Å². The van der Waals surface area contributed by atoms with Crippen LogP contribution in [0.1, 0.15) is 47.2 Å². The molecule has 1 spiro atoms. The predicted octanol–water partition coefficient (Wildman–Crippen LogP) is 15.9. The third-order valence-corrected chi connectivity index (χ3v) is 15.4. The zero-order valence-electron chi connectivity index (χ0n) is 37.7. The van der Waals surface area contributed by atoms with Gasteiger partial charge in [-0.3, -0.25) is 9.36 Å². The van der Waals surface area contributed by atoms with Crippen LogP contribution >= 0.6 is 0 Å². The van der Waals surface area contributed by atoms with Crippen LogP contribution in [0.25, 0.3) is 71.9 Å². The summed E-state index contributed by atoms with van der Waals surface area (Å²) in [7, 11) is 0. The molecule has 0 unspecified atom stereocenters. The Labute approximate surface area is 395 Å². The Balaban J connectivity index is 0.979. The van der Waals surface area contributed by atoms with Crippen LogP contribution in [0, 0.1) is 0 Å². The molecule has 0 aliphatic heterocycles. The second-order valence-corrected chi connectivity index (χ2v) is 19.1. The highest BCUT2D eigenvalue weighted by molar-refractivity contribution is 6.08. The molecule has 0 saturated carbocycles. The molecule has 0 amide bonds. The van der Waals surface area contributed by atoms with E-state index in [9.17, 15) is 4.79 Å². The molecule has 0 radical (unpaired) electrons. The Morgan fingerprint density at radius 3 is 1.62 bits per heavy atom. The molecule has 3 heteroatoms. The minimum absolute atomic E-state index is 0.0161. The first-order valence-corrected chi connectivity index (χ1v) is 23.6. The second-order valence-electron chi connectivity index (χ2n) is 19.1. The third kappa shape index (κ3) is 5.16. The largest absolute Gasteiger partial charge is 0.310 e. The predicted molar refractivity (Wildman–Crippen MR) is 281 cm³/mol. The molecule has 3 nitrogen and oxygen atoms in total. The van der Waals surface area contributed by atoms with E-state index in [4.69, 9.17) is 0 Å². The van der Waals surface area contributed by atoms with E-state index in [2.05, 4.69) is 201 Å². The molecule has 3 aliphatic carbocycles. The number of pyridine rings is 1. The van der Waals surface area contributed by atoms with Crippen LogP contribution in [0.3, 0.4) is 0 Å². The van der Waals surface area contributed by atoms with Gasteiger partial charge in [0, 0.05) is 38.8 Å². The first kappa shape index (κ1) is 38.7. The maximum atomic E-state index is 14.1. The topological polar surface area (TPSA) is 25.2 Å². The van der Waals surface area contributed by atoms with E-state index >= 15 is 0 Å². The van der Waals surface area contributed by atoms with Gasteiger partial charge in [-0.05, 0) is 138 Å². The molecule has 10 aromatic carbocycles. The molecule has 3 aliphatic rings. The summed E-state index contributed by atoms with van der Waals surface area (Å²) >= 11 is 0. The normalized spacial score (nSPS) is 14.0. The Hall–Kier alpha value is -8.53. The van der Waals surface area contributed by atoms with Crippen molar-refractivity contribution in [3.63, 3.8) is 0 Å². The minimum Gasteiger partial charge on any atom is -0.310 e. The third-order valence-electron chi connectivity index (χ3n) is 15.4. The zero-order chi connectivity index (χ0) is 45.3. The summed E-state index contributed by atoms with van der Waals surface area (Å²) in [6, 6.07) is 83.7. The van der Waals surface area contributed by atoms with Gasteiger partial charge in [-0.2, -0.15) is 0 Å². The van der Waals surface area contributed by atoms with Gasteiger partial charge in [0.2, 0.25) is 0 Å². The van der Waals surface area contributed by atoms with Crippen molar-refractivity contribution in [3.8, 4) is 50.2 Å². The number of anilines is 3. The Kier molecular flexibility index (Phi) is 8.10. The van der Waals surface area contributed by atoms with E-state index in [1.165, 1.54) is 66.8 Å². The summed E-state index contributed by atoms with van der Waals surface area (Å²) in [6.07, 6.45) is 0. The van der Waals surface area contributed by atoms with Crippen LogP contribution in [-0.4, -0.2) is 4.57 Å². The van der Waals surface area contributed by atoms with E-state index in [1.807, 2.05) is 53.1 Å². The minimum atomic E-state index is -0.460. The number of rotatable bonds is 5. The van der Waals surface area contributed by atoms with Crippen molar-refractivity contribution < 1.29 is 0 Å². The van der Waals surface area contributed by atoms with Gasteiger partial charge in [0.05, 0.1) is 16.6 Å². The number of benzene rings is 10. The van der Waals surface area contributed by atoms with E-state index in [1.54, 1.807) is 0 Å². The Morgan fingerprint density at radius 1 is 0.382 bits per heavy atom. The molecular weight excluding hydrogens is 825 g/mol. The molecule has 0 fully saturated rings. The summed E-state index contributed by atoms with van der Waals surface area (Å²) < 4.78 is 1.85. The van der Waals surface area contributed by atoms with Crippen LogP contribution in [0.2, 0.25) is 0 Å². The lowest BCUT2D eigenvalue weighted by molar-refractivity contribution is 0.660. The lowest BCUT2D eigenvalue weighted by atomic mass is 9.70. The quantitative estimate of drug-likeness (QED) is 0.161. The highest BCUT2D eigenvalue weighted by Gasteiger charge is 2.52. The van der Waals surface area contributed by atoms with Crippen LogP contribution in [0.4, 0.5) is 17.1 Å². The SMILES string of the molecule is CC1(C)c2ccccc2-c2ccc(N(c3ccc(-c4ccc5c(c4)c4ccccc4c(=O)n5-c4ccccc4)cc3)c3cccc4c3-c3ccccc3C43c4ccccc4-c4ccccc43)cc21. The highest BCUT2D eigenvalue weighted by atomic mass is 16.1. The maximum absolute atomic E-state index is 14.1. The van der Waals surface area contributed by atoms with Crippen molar-refractivity contribution >= 4 is 38.7 Å². The van der Waals surface area contributed by atoms with Gasteiger partial charge in [0.1, 0.15) is 0 Å². The maximum Gasteiger partial charge on any atom is 0.263 e. The van der Waals surface area contributed by atoms with Crippen molar-refractivity contribution in [2.75, 3.05) is 4.90 Å². The summed E-state index contributed by atoms with van der Waals surface area (Å²) in [5, 5.41) is 2.70. The van der Waals surface area contributed by atoms with Gasteiger partial charge in [-0.15, -0.1) is 0 Å². The lowest BCUT2D eigenvalue weighted by Crippen LogP contribution is -2.26. The highest BCUT2D eigenvalue weighted by Crippen LogP contribution is 2.65. The van der Waals surface area contributed by atoms with Crippen LogP contribution in [0.5, 0.6) is 0 Å². The average molecular weight is 869 g/mol. The van der Waals surface area contributed by atoms with Gasteiger partial charge >= 0.3 is 0 Å². The molecule has 0 saturated heterocycles. The summed E-state index contributed by atoms with van der Waals surface area (Å²) in [6.45, 7) is 4.73. The Morgan fingerprint density at radius 2 is 0.912 bits per heavy atom. The first-order valence-electron chi connectivity index (χ1n) is 23.6. The fourth-order valence-corrected chi connectivity index (χ4v) is 12.5. The standard InChI is InChI=1S/C65H44N2O/c1-64(2)54-25-12-8-20-47(54)50-37-36-45(40-59(50)64)66(61-30-16-29-58-62(61)52-24-11-15-28-57(52)65(58)55-26-13-9-21-48(55)49-22-10-14-27-56(49)65)44-34-31-41(32-35-44)42-33-38-60-53(39-42)46-19-6-7-23-51(46)63(68)67(60)43-17-4-3-5-18-43/h3-40H,1-2H3. The fraction of sp³-hybridized carbons (Fsp3) is 0.0615. The average Bonchev–Trinajstić information content (AvgIpc) is 3.96. The van der Waals surface area contributed by atoms with Gasteiger partial charge in [-0.25, -0.2) is 0 Å². The summed E-state index contributed by atoms with van der Waals surface area (Å²) in [5.41, 5.74) is 22.3. The van der Waals surface area contributed by atoms with Crippen molar-refractivity contribution in [1.82, 2.24) is 4.57 Å². The molecule has 14 rings (SSSR count). The molecule has 1 aromatic heterocycles. The van der Waals surface area contributed by atoms with E-state index in [0.29, 0.717) is 5.39 Å².